The van der Waals surface area contributed by atoms with Crippen LogP contribution in [0.25, 0.3) is 0 Å². The molecule has 1 aromatic heterocycles. The highest BCUT2D eigenvalue weighted by molar-refractivity contribution is 9.10. The fourth-order valence-corrected chi connectivity index (χ4v) is 2.22. The molecule has 4 nitrogen and oxygen atoms in total. The number of carbonyl (C=O) groups is 1. The van der Waals surface area contributed by atoms with Crippen molar-refractivity contribution < 1.29 is 9.90 Å². The molecule has 0 aliphatic heterocycles. The third-order valence-electron chi connectivity index (χ3n) is 2.81. The van der Waals surface area contributed by atoms with Crippen LogP contribution in [0.1, 0.15) is 21.5 Å². The van der Waals surface area contributed by atoms with Crippen LogP contribution in [-0.4, -0.2) is 16.1 Å². The van der Waals surface area contributed by atoms with Gasteiger partial charge in [0.2, 0.25) is 0 Å². The van der Waals surface area contributed by atoms with Crippen molar-refractivity contribution in [3.05, 3.63) is 57.8 Å². The van der Waals surface area contributed by atoms with Gasteiger partial charge in [-0.3, -0.25) is 4.98 Å². The van der Waals surface area contributed by atoms with Crippen LogP contribution >= 0.6 is 15.9 Å². The fourth-order valence-electron chi connectivity index (χ4n) is 1.81. The Morgan fingerprint density at radius 1 is 1.42 bits per heavy atom. The summed E-state index contributed by atoms with van der Waals surface area (Å²) in [5.74, 6) is -0.912. The zero-order valence-corrected chi connectivity index (χ0v) is 11.9. The average molecular weight is 321 g/mol. The number of aromatic nitrogens is 1. The second-order valence-electron chi connectivity index (χ2n) is 4.15. The molecule has 1 aromatic carbocycles. The van der Waals surface area contributed by atoms with Gasteiger partial charge in [0.05, 0.1) is 5.56 Å². The monoisotopic (exact) mass is 320 g/mol. The van der Waals surface area contributed by atoms with Gasteiger partial charge in [-0.2, -0.15) is 0 Å². The van der Waals surface area contributed by atoms with E-state index >= 15 is 0 Å². The van der Waals surface area contributed by atoms with E-state index in [0.29, 0.717) is 12.1 Å². The molecule has 0 amide bonds. The highest BCUT2D eigenvalue weighted by Gasteiger charge is 2.09. The highest BCUT2D eigenvalue weighted by Crippen LogP contribution is 2.20. The lowest BCUT2D eigenvalue weighted by Gasteiger charge is -2.11. The van der Waals surface area contributed by atoms with Crippen LogP contribution < -0.4 is 5.32 Å². The van der Waals surface area contributed by atoms with E-state index in [-0.39, 0.29) is 0 Å². The van der Waals surface area contributed by atoms with Gasteiger partial charge < -0.3 is 10.4 Å². The minimum atomic E-state index is -0.912. The Balaban J connectivity index is 2.16. The smallest absolute Gasteiger partial charge is 0.336 e. The Morgan fingerprint density at radius 2 is 2.21 bits per heavy atom. The first-order valence-electron chi connectivity index (χ1n) is 5.74. The van der Waals surface area contributed by atoms with E-state index in [1.807, 2.05) is 12.1 Å². The number of nitrogens with one attached hydrogen (secondary N) is 1. The summed E-state index contributed by atoms with van der Waals surface area (Å²) >= 11 is 3.37. The molecule has 0 fully saturated rings. The van der Waals surface area contributed by atoms with E-state index in [4.69, 9.17) is 5.11 Å². The van der Waals surface area contributed by atoms with Crippen LogP contribution in [0.5, 0.6) is 0 Å². The van der Waals surface area contributed by atoms with Crippen molar-refractivity contribution in [2.45, 2.75) is 13.5 Å². The summed E-state index contributed by atoms with van der Waals surface area (Å²) in [5.41, 5.74) is 2.89. The maximum absolute atomic E-state index is 11.0. The molecule has 1 heterocycles. The van der Waals surface area contributed by atoms with Gasteiger partial charge in [-0.15, -0.1) is 0 Å². The molecule has 0 aliphatic carbocycles. The maximum atomic E-state index is 11.0. The number of carboxylic acid groups (broad SMARTS) is 1. The zero-order chi connectivity index (χ0) is 13.8. The Kier molecular flexibility index (Phi) is 4.16. The zero-order valence-electron chi connectivity index (χ0n) is 10.4. The van der Waals surface area contributed by atoms with E-state index in [1.165, 1.54) is 0 Å². The molecule has 0 aliphatic rings. The molecule has 0 unspecified atom stereocenters. The Hall–Kier alpha value is -1.88. The Labute approximate surface area is 119 Å². The average Bonchev–Trinajstić information content (AvgIpc) is 2.37. The van der Waals surface area contributed by atoms with E-state index in [9.17, 15) is 4.79 Å². The normalized spacial score (nSPS) is 10.2. The molecule has 2 aromatic rings. The molecule has 0 saturated carbocycles. The van der Waals surface area contributed by atoms with Gasteiger partial charge in [0.1, 0.15) is 0 Å². The Morgan fingerprint density at radius 3 is 2.89 bits per heavy atom. The van der Waals surface area contributed by atoms with Crippen LogP contribution in [0, 0.1) is 6.92 Å². The molecule has 5 heteroatoms. The van der Waals surface area contributed by atoms with E-state index in [0.717, 1.165) is 21.3 Å². The van der Waals surface area contributed by atoms with Crippen molar-refractivity contribution in [3.8, 4) is 0 Å². The number of aromatic carboxylic acids is 1. The summed E-state index contributed by atoms with van der Waals surface area (Å²) < 4.78 is 0.919. The molecule has 2 N–H and O–H groups in total. The number of halogens is 1. The van der Waals surface area contributed by atoms with Crippen LogP contribution in [0.2, 0.25) is 0 Å². The molecule has 0 bridgehead atoms. The van der Waals surface area contributed by atoms with Crippen molar-refractivity contribution >= 4 is 27.6 Å². The Bertz CT molecular complexity index is 614. The van der Waals surface area contributed by atoms with Gasteiger partial charge in [0, 0.05) is 29.1 Å². The van der Waals surface area contributed by atoms with Gasteiger partial charge in [-0.1, -0.05) is 6.07 Å². The quantitative estimate of drug-likeness (QED) is 0.905. The maximum Gasteiger partial charge on any atom is 0.336 e. The summed E-state index contributed by atoms with van der Waals surface area (Å²) in [7, 11) is 0. The van der Waals surface area contributed by atoms with Crippen molar-refractivity contribution in [1.82, 2.24) is 4.98 Å². The molecular formula is C14H13BrN2O2. The molecule has 0 saturated heterocycles. The summed E-state index contributed by atoms with van der Waals surface area (Å²) in [6.07, 6.45) is 3.49. The number of nitrogens with zero attached hydrogens (tertiary/aromatic N) is 1. The molecule has 98 valence electrons. The van der Waals surface area contributed by atoms with Crippen molar-refractivity contribution in [3.63, 3.8) is 0 Å². The van der Waals surface area contributed by atoms with E-state index in [2.05, 4.69) is 26.2 Å². The van der Waals surface area contributed by atoms with Gasteiger partial charge in [-0.25, -0.2) is 4.79 Å². The molecule has 0 spiro atoms. The first-order chi connectivity index (χ1) is 9.08. The topological polar surface area (TPSA) is 62.2 Å². The lowest BCUT2D eigenvalue weighted by molar-refractivity contribution is 0.0696. The van der Waals surface area contributed by atoms with Crippen LogP contribution in [0.15, 0.2) is 41.1 Å². The number of benzene rings is 1. The van der Waals surface area contributed by atoms with Crippen LogP contribution in [0.3, 0.4) is 0 Å². The largest absolute Gasteiger partial charge is 0.478 e. The predicted octanol–water partition coefficient (Wildman–Crippen LogP) is 3.46. The first kappa shape index (κ1) is 13.5. The highest BCUT2D eigenvalue weighted by atomic mass is 79.9. The number of hydrogen-bond donors (Lipinski definition) is 2. The number of hydrogen-bond acceptors (Lipinski definition) is 3. The van der Waals surface area contributed by atoms with Crippen molar-refractivity contribution in [1.29, 1.82) is 0 Å². The minimum absolute atomic E-state index is 0.317. The second kappa shape index (κ2) is 5.84. The number of carboxylic acids is 1. The number of pyridine rings is 1. The van der Waals surface area contributed by atoms with Gasteiger partial charge in [-0.05, 0) is 52.2 Å². The summed E-state index contributed by atoms with van der Waals surface area (Å²) in [5, 5.41) is 12.3. The van der Waals surface area contributed by atoms with E-state index < -0.39 is 5.97 Å². The molecule has 0 atom stereocenters. The van der Waals surface area contributed by atoms with Gasteiger partial charge in [0.15, 0.2) is 0 Å². The molecular weight excluding hydrogens is 308 g/mol. The van der Waals surface area contributed by atoms with Gasteiger partial charge >= 0.3 is 5.97 Å². The van der Waals surface area contributed by atoms with Gasteiger partial charge in [0.25, 0.3) is 0 Å². The molecule has 19 heavy (non-hydrogen) atoms. The van der Waals surface area contributed by atoms with Crippen LogP contribution in [0.4, 0.5) is 5.69 Å². The lowest BCUT2D eigenvalue weighted by atomic mass is 10.1. The van der Waals surface area contributed by atoms with E-state index in [1.54, 1.807) is 31.5 Å². The number of anilines is 1. The SMILES string of the molecule is Cc1c(NCc2cncc(Br)c2)cccc1C(=O)O. The fraction of sp³-hybridized carbons (Fsp3) is 0.143. The third-order valence-corrected chi connectivity index (χ3v) is 3.24. The van der Waals surface area contributed by atoms with Crippen molar-refractivity contribution in [2.24, 2.45) is 0 Å². The summed E-state index contributed by atoms with van der Waals surface area (Å²) in [6.45, 7) is 2.39. The van der Waals surface area contributed by atoms with Crippen molar-refractivity contribution in [2.75, 3.05) is 5.32 Å². The molecule has 2 rings (SSSR count). The molecule has 0 radical (unpaired) electrons. The number of rotatable bonds is 4. The minimum Gasteiger partial charge on any atom is -0.478 e. The standard InChI is InChI=1S/C14H13BrN2O2/c1-9-12(14(18)19)3-2-4-13(9)17-7-10-5-11(15)8-16-6-10/h2-6,8,17H,7H2,1H3,(H,18,19). The lowest BCUT2D eigenvalue weighted by Crippen LogP contribution is -2.05. The third kappa shape index (κ3) is 3.32. The predicted molar refractivity (Wildman–Crippen MR) is 77.4 cm³/mol. The second-order valence-corrected chi connectivity index (χ2v) is 5.06. The summed E-state index contributed by atoms with van der Waals surface area (Å²) in [4.78, 5) is 15.1. The van der Waals surface area contributed by atoms with Crippen LogP contribution in [-0.2, 0) is 6.54 Å². The summed E-state index contributed by atoms with van der Waals surface area (Å²) in [6, 6.07) is 7.17. The first-order valence-corrected chi connectivity index (χ1v) is 6.53.